The molecule has 5 rings (SSSR count). The van der Waals surface area contributed by atoms with E-state index in [1.165, 1.54) is 44.8 Å². The zero-order valence-corrected chi connectivity index (χ0v) is 28.4. The van der Waals surface area contributed by atoms with Gasteiger partial charge in [-0.25, -0.2) is 26.3 Å². The van der Waals surface area contributed by atoms with Crippen LogP contribution in [0.2, 0.25) is 0 Å². The minimum atomic E-state index is -2.17. The van der Waals surface area contributed by atoms with E-state index in [1.807, 2.05) is 0 Å². The first-order chi connectivity index (χ1) is 20.9. The third kappa shape index (κ3) is 8.48. The summed E-state index contributed by atoms with van der Waals surface area (Å²) in [4.78, 5) is 4.45. The molecule has 0 aliphatic carbocycles. The average molecular weight is 705 g/mol. The molecule has 0 atom stereocenters. The SMILES string of the molecule is Cc1cc(C)c(N2C=CN(c3c(C)cc(C)cc3C)[CH-]2)c(C)c1.Fc1[c-]c(F)c(F)c(F)c1F.Fc1[c-]c(F)c(F)c(F)c1F.[Zn]. The molecule has 1 aliphatic rings. The Bertz CT molecular complexity index is 1550. The molecule has 4 aromatic rings. The molecule has 2 nitrogen and oxygen atoms in total. The molecule has 0 saturated heterocycles. The van der Waals surface area contributed by atoms with Crippen molar-refractivity contribution in [2.24, 2.45) is 0 Å². The van der Waals surface area contributed by atoms with Gasteiger partial charge in [0, 0.05) is 30.9 Å². The maximum absolute atomic E-state index is 12.0. The van der Waals surface area contributed by atoms with Gasteiger partial charge in [-0.2, -0.15) is 0 Å². The Labute approximate surface area is 272 Å². The Balaban J connectivity index is 0.000000269. The van der Waals surface area contributed by atoms with Crippen molar-refractivity contribution in [3.8, 4) is 0 Å². The quantitative estimate of drug-likeness (QED) is 0.0674. The van der Waals surface area contributed by atoms with Crippen LogP contribution in [0.5, 0.6) is 0 Å². The Morgan fingerprint density at radius 1 is 0.435 bits per heavy atom. The third-order valence-corrected chi connectivity index (χ3v) is 6.40. The molecular formula is C33H25F10N2Zn-3. The molecular weight excluding hydrogens is 680 g/mol. The van der Waals surface area contributed by atoms with Gasteiger partial charge in [-0.1, -0.05) is 35.4 Å². The van der Waals surface area contributed by atoms with Gasteiger partial charge in [-0.3, -0.25) is 17.6 Å². The molecule has 0 fully saturated rings. The largest absolute Gasteiger partial charge is 0.479 e. The predicted molar refractivity (Wildman–Crippen MR) is 150 cm³/mol. The summed E-state index contributed by atoms with van der Waals surface area (Å²) in [6.07, 6.45) is 4.28. The van der Waals surface area contributed by atoms with Gasteiger partial charge in [0.25, 0.3) is 0 Å². The van der Waals surface area contributed by atoms with E-state index in [1.54, 1.807) is 0 Å². The predicted octanol–water partition coefficient (Wildman–Crippen LogP) is 9.82. The summed E-state index contributed by atoms with van der Waals surface area (Å²) < 4.78 is 120. The summed E-state index contributed by atoms with van der Waals surface area (Å²) in [5, 5.41) is 0. The number of halogens is 10. The molecule has 46 heavy (non-hydrogen) atoms. The fourth-order valence-electron chi connectivity index (χ4n) is 4.77. The Kier molecular flexibility index (Phi) is 13.0. The van der Waals surface area contributed by atoms with E-state index in [0.717, 1.165) is 12.1 Å². The molecule has 0 bridgehead atoms. The van der Waals surface area contributed by atoms with Crippen LogP contribution in [0.15, 0.2) is 36.7 Å². The number of hydrogen-bond acceptors (Lipinski definition) is 2. The van der Waals surface area contributed by atoms with E-state index < -0.39 is 58.2 Å². The maximum atomic E-state index is 12.0. The maximum Gasteiger partial charge on any atom is 0.0893 e. The molecule has 0 amide bonds. The molecule has 0 saturated carbocycles. The number of aryl methyl sites for hydroxylation is 6. The van der Waals surface area contributed by atoms with Gasteiger partial charge < -0.3 is 9.80 Å². The van der Waals surface area contributed by atoms with Crippen molar-refractivity contribution in [2.45, 2.75) is 41.5 Å². The van der Waals surface area contributed by atoms with Crippen LogP contribution in [0, 0.1) is 119 Å². The van der Waals surface area contributed by atoms with Crippen LogP contribution >= 0.6 is 0 Å². The molecule has 0 N–H and O–H groups in total. The van der Waals surface area contributed by atoms with E-state index in [9.17, 15) is 43.9 Å². The first kappa shape index (κ1) is 38.3. The zero-order chi connectivity index (χ0) is 33.9. The fourth-order valence-corrected chi connectivity index (χ4v) is 4.77. The minimum absolute atomic E-state index is 0. The smallest absolute Gasteiger partial charge is 0.0893 e. The normalized spacial score (nSPS) is 11.9. The van der Waals surface area contributed by atoms with Crippen molar-refractivity contribution < 1.29 is 63.4 Å². The van der Waals surface area contributed by atoms with Gasteiger partial charge in [-0.05, 0) is 76.2 Å². The zero-order valence-electron chi connectivity index (χ0n) is 25.4. The van der Waals surface area contributed by atoms with Gasteiger partial charge in [0.05, 0.1) is 58.2 Å². The second kappa shape index (κ2) is 15.6. The second-order valence-electron chi connectivity index (χ2n) is 10.1. The summed E-state index contributed by atoms with van der Waals surface area (Å²) in [7, 11) is 0. The summed E-state index contributed by atoms with van der Waals surface area (Å²) >= 11 is 0. The van der Waals surface area contributed by atoms with Gasteiger partial charge in [0.1, 0.15) is 0 Å². The molecule has 242 valence electrons. The van der Waals surface area contributed by atoms with Crippen LogP contribution in [-0.4, -0.2) is 0 Å². The topological polar surface area (TPSA) is 6.48 Å². The first-order valence-corrected chi connectivity index (χ1v) is 13.0. The van der Waals surface area contributed by atoms with Crippen molar-refractivity contribution >= 4 is 11.4 Å². The van der Waals surface area contributed by atoms with Gasteiger partial charge in [-0.15, -0.1) is 18.8 Å². The van der Waals surface area contributed by atoms with Crippen LogP contribution in [0.3, 0.4) is 0 Å². The summed E-state index contributed by atoms with van der Waals surface area (Å²) in [5.41, 5.74) is 10.4. The second-order valence-corrected chi connectivity index (χ2v) is 10.1. The van der Waals surface area contributed by atoms with E-state index in [-0.39, 0.29) is 19.5 Å². The number of nitrogens with zero attached hydrogens (tertiary/aromatic N) is 2. The Morgan fingerprint density at radius 2 is 0.674 bits per heavy atom. The molecule has 1 heterocycles. The number of hydrogen-bond donors (Lipinski definition) is 0. The first-order valence-electron chi connectivity index (χ1n) is 13.0. The van der Waals surface area contributed by atoms with E-state index in [4.69, 9.17) is 0 Å². The number of rotatable bonds is 2. The molecule has 0 aromatic heterocycles. The van der Waals surface area contributed by atoms with Crippen molar-refractivity contribution in [1.82, 2.24) is 0 Å². The number of anilines is 2. The van der Waals surface area contributed by atoms with Gasteiger partial charge >= 0.3 is 0 Å². The molecule has 4 aromatic carbocycles. The van der Waals surface area contributed by atoms with Crippen LogP contribution in [-0.2, 0) is 19.5 Å². The number of benzene rings is 4. The van der Waals surface area contributed by atoms with E-state index in [0.29, 0.717) is 0 Å². The van der Waals surface area contributed by atoms with Crippen LogP contribution < -0.4 is 9.80 Å². The monoisotopic (exact) mass is 703 g/mol. The van der Waals surface area contributed by atoms with Crippen molar-refractivity contribution in [3.05, 3.63) is 147 Å². The van der Waals surface area contributed by atoms with E-state index in [2.05, 4.69) is 94.7 Å². The van der Waals surface area contributed by atoms with Crippen molar-refractivity contribution in [2.75, 3.05) is 9.80 Å². The average Bonchev–Trinajstić information content (AvgIpc) is 3.41. The molecule has 0 unspecified atom stereocenters. The Morgan fingerprint density at radius 3 is 0.913 bits per heavy atom. The third-order valence-electron chi connectivity index (χ3n) is 6.40. The molecule has 13 heteroatoms. The molecule has 1 aliphatic heterocycles. The van der Waals surface area contributed by atoms with Crippen LogP contribution in [0.1, 0.15) is 33.4 Å². The van der Waals surface area contributed by atoms with Crippen LogP contribution in [0.25, 0.3) is 0 Å². The molecule has 0 radical (unpaired) electrons. The standard InChI is InChI=1S/C21H25N2.2C6F5.Zn/c1-14-9-16(3)20(17(4)10-14)22-7-8-23(13-22)21-18(5)11-15(2)12-19(21)6;2*7-2-1-3(8)5(10)6(11)4(2)9;/h7-13H,1-6H3;;;/q3*-1;. The minimum Gasteiger partial charge on any atom is -0.479 e. The van der Waals surface area contributed by atoms with E-state index >= 15 is 0 Å². The van der Waals surface area contributed by atoms with Gasteiger partial charge in [0.15, 0.2) is 0 Å². The summed E-state index contributed by atoms with van der Waals surface area (Å²) in [5.74, 6) is -20.1. The molecule has 0 spiro atoms. The van der Waals surface area contributed by atoms with Gasteiger partial charge in [0.2, 0.25) is 0 Å². The summed E-state index contributed by atoms with van der Waals surface area (Å²) in [6, 6.07) is 11.0. The van der Waals surface area contributed by atoms with Crippen molar-refractivity contribution in [3.63, 3.8) is 0 Å². The fraction of sp³-hybridized carbons (Fsp3) is 0.182. The van der Waals surface area contributed by atoms with Crippen LogP contribution in [0.4, 0.5) is 55.3 Å². The Hall–Kier alpha value is -3.86. The summed E-state index contributed by atoms with van der Waals surface area (Å²) in [6.45, 7) is 15.2. The van der Waals surface area contributed by atoms with Crippen molar-refractivity contribution in [1.29, 1.82) is 0 Å².